The number of hydrogen-bond donors (Lipinski definition) is 0. The molecule has 20 heavy (non-hydrogen) atoms. The molecule has 1 aliphatic rings. The largest absolute Gasteiger partial charge is 0.372 e. The Kier molecular flexibility index (Phi) is 3.35. The molecule has 0 unspecified atom stereocenters. The standard InChI is InChI=1S/C16H20N4/c1-19-11-18-15-9-14(7-8-16(15)19)20(2)13-5-3-12(10-17)4-6-13/h7-9,11-13H,3-6H2,1-2H3. The quantitative estimate of drug-likeness (QED) is 0.840. The van der Waals surface area contributed by atoms with Gasteiger partial charge in [0.1, 0.15) is 0 Å². The van der Waals surface area contributed by atoms with Gasteiger partial charge in [0.05, 0.1) is 23.4 Å². The molecule has 0 spiro atoms. The Morgan fingerprint density at radius 1 is 1.30 bits per heavy atom. The molecule has 0 atom stereocenters. The zero-order valence-electron chi connectivity index (χ0n) is 12.1. The van der Waals surface area contributed by atoms with Crippen molar-refractivity contribution in [2.75, 3.05) is 11.9 Å². The SMILES string of the molecule is CN(c1ccc2c(c1)ncn2C)C1CCC(C#N)CC1. The van der Waals surface area contributed by atoms with Gasteiger partial charge in [-0.1, -0.05) is 0 Å². The molecule has 4 heteroatoms. The van der Waals surface area contributed by atoms with Crippen LogP contribution in [0.4, 0.5) is 5.69 Å². The molecule has 1 fully saturated rings. The van der Waals surface area contributed by atoms with Crippen LogP contribution in [0.5, 0.6) is 0 Å². The fourth-order valence-electron chi connectivity index (χ4n) is 3.15. The second-order valence-corrected chi connectivity index (χ2v) is 5.77. The monoisotopic (exact) mass is 268 g/mol. The summed E-state index contributed by atoms with van der Waals surface area (Å²) in [6, 6.07) is 9.40. The minimum atomic E-state index is 0.262. The maximum absolute atomic E-state index is 8.98. The Labute approximate surface area is 119 Å². The predicted octanol–water partition coefficient (Wildman–Crippen LogP) is 3.09. The van der Waals surface area contributed by atoms with Crippen LogP contribution in [0.3, 0.4) is 0 Å². The number of aryl methyl sites for hydroxylation is 1. The van der Waals surface area contributed by atoms with Crippen molar-refractivity contribution in [1.29, 1.82) is 5.26 Å². The summed E-state index contributed by atoms with van der Waals surface area (Å²) in [6.07, 6.45) is 6.12. The van der Waals surface area contributed by atoms with Crippen LogP contribution in [0.2, 0.25) is 0 Å². The van der Waals surface area contributed by atoms with Gasteiger partial charge in [-0.2, -0.15) is 5.26 Å². The van der Waals surface area contributed by atoms with E-state index in [1.165, 1.54) is 5.69 Å². The highest BCUT2D eigenvalue weighted by Gasteiger charge is 2.24. The van der Waals surface area contributed by atoms with E-state index in [1.54, 1.807) is 0 Å². The minimum Gasteiger partial charge on any atom is -0.372 e. The normalized spacial score (nSPS) is 22.6. The minimum absolute atomic E-state index is 0.262. The summed E-state index contributed by atoms with van der Waals surface area (Å²) in [5.41, 5.74) is 3.43. The average Bonchev–Trinajstić information content (AvgIpc) is 2.87. The molecule has 0 amide bonds. The first-order valence-corrected chi connectivity index (χ1v) is 7.22. The van der Waals surface area contributed by atoms with Gasteiger partial charge in [0.25, 0.3) is 0 Å². The second-order valence-electron chi connectivity index (χ2n) is 5.77. The number of rotatable bonds is 2. The van der Waals surface area contributed by atoms with Gasteiger partial charge < -0.3 is 9.47 Å². The zero-order chi connectivity index (χ0) is 14.1. The Balaban J connectivity index is 1.79. The first kappa shape index (κ1) is 13.0. The molecule has 1 aromatic carbocycles. The number of nitriles is 1. The van der Waals surface area contributed by atoms with Crippen LogP contribution >= 0.6 is 0 Å². The van der Waals surface area contributed by atoms with E-state index in [9.17, 15) is 0 Å². The molecule has 0 N–H and O–H groups in total. The molecule has 2 aromatic rings. The first-order valence-electron chi connectivity index (χ1n) is 7.22. The number of hydrogen-bond acceptors (Lipinski definition) is 3. The van der Waals surface area contributed by atoms with Gasteiger partial charge in [0, 0.05) is 31.7 Å². The third kappa shape index (κ3) is 2.24. The predicted molar refractivity (Wildman–Crippen MR) is 80.5 cm³/mol. The number of imidazole rings is 1. The molecule has 1 aliphatic carbocycles. The van der Waals surface area contributed by atoms with Crippen molar-refractivity contribution in [3.05, 3.63) is 24.5 Å². The van der Waals surface area contributed by atoms with Crippen LogP contribution in [0.25, 0.3) is 11.0 Å². The molecule has 104 valence electrons. The van der Waals surface area contributed by atoms with Gasteiger partial charge >= 0.3 is 0 Å². The molecule has 0 bridgehead atoms. The third-order valence-corrected chi connectivity index (χ3v) is 4.54. The first-order chi connectivity index (χ1) is 9.69. The number of aromatic nitrogens is 2. The van der Waals surface area contributed by atoms with Crippen molar-refractivity contribution in [2.24, 2.45) is 13.0 Å². The van der Waals surface area contributed by atoms with Gasteiger partial charge in [0.2, 0.25) is 0 Å². The fourth-order valence-corrected chi connectivity index (χ4v) is 3.15. The molecule has 1 heterocycles. The van der Waals surface area contributed by atoms with Crippen molar-refractivity contribution in [3.8, 4) is 6.07 Å². The lowest BCUT2D eigenvalue weighted by molar-refractivity contribution is 0.372. The Morgan fingerprint density at radius 2 is 2.05 bits per heavy atom. The van der Waals surface area contributed by atoms with Gasteiger partial charge in [-0.15, -0.1) is 0 Å². The fraction of sp³-hybridized carbons (Fsp3) is 0.500. The highest BCUT2D eigenvalue weighted by atomic mass is 15.1. The summed E-state index contributed by atoms with van der Waals surface area (Å²) >= 11 is 0. The van der Waals surface area contributed by atoms with Gasteiger partial charge in [-0.3, -0.25) is 0 Å². The lowest BCUT2D eigenvalue weighted by atomic mass is 9.86. The van der Waals surface area contributed by atoms with Crippen LogP contribution in [0.1, 0.15) is 25.7 Å². The maximum Gasteiger partial charge on any atom is 0.0955 e. The summed E-state index contributed by atoms with van der Waals surface area (Å²) in [5.74, 6) is 0.262. The Morgan fingerprint density at radius 3 is 2.75 bits per heavy atom. The van der Waals surface area contributed by atoms with E-state index in [1.807, 2.05) is 17.9 Å². The van der Waals surface area contributed by atoms with E-state index in [2.05, 4.69) is 41.2 Å². The van der Waals surface area contributed by atoms with Crippen molar-refractivity contribution in [3.63, 3.8) is 0 Å². The van der Waals surface area contributed by atoms with Crippen LogP contribution in [0, 0.1) is 17.2 Å². The Bertz CT molecular complexity index is 644. The molecule has 4 nitrogen and oxygen atoms in total. The molecule has 1 aromatic heterocycles. The second kappa shape index (κ2) is 5.16. The van der Waals surface area contributed by atoms with Crippen LogP contribution < -0.4 is 4.90 Å². The van der Waals surface area contributed by atoms with Crippen molar-refractivity contribution in [2.45, 2.75) is 31.7 Å². The molecule has 0 aliphatic heterocycles. The van der Waals surface area contributed by atoms with Crippen LogP contribution in [-0.4, -0.2) is 22.6 Å². The summed E-state index contributed by atoms with van der Waals surface area (Å²) in [6.45, 7) is 0. The lowest BCUT2D eigenvalue weighted by Gasteiger charge is -2.34. The van der Waals surface area contributed by atoms with E-state index in [-0.39, 0.29) is 5.92 Å². The molecule has 1 saturated carbocycles. The number of fused-ring (bicyclic) bond motifs is 1. The van der Waals surface area contributed by atoms with E-state index >= 15 is 0 Å². The van der Waals surface area contributed by atoms with Crippen LogP contribution in [0.15, 0.2) is 24.5 Å². The van der Waals surface area contributed by atoms with Crippen molar-refractivity contribution < 1.29 is 0 Å². The number of nitrogens with zero attached hydrogens (tertiary/aromatic N) is 4. The lowest BCUT2D eigenvalue weighted by Crippen LogP contribution is -2.34. The molecule has 3 rings (SSSR count). The van der Waals surface area contributed by atoms with E-state index in [4.69, 9.17) is 5.26 Å². The average molecular weight is 268 g/mol. The highest BCUT2D eigenvalue weighted by Crippen LogP contribution is 2.30. The molecular weight excluding hydrogens is 248 g/mol. The van der Waals surface area contributed by atoms with E-state index in [0.717, 1.165) is 36.7 Å². The highest BCUT2D eigenvalue weighted by molar-refractivity contribution is 5.79. The topological polar surface area (TPSA) is 44.9 Å². The third-order valence-electron chi connectivity index (χ3n) is 4.54. The molecule has 0 radical (unpaired) electrons. The van der Waals surface area contributed by atoms with Crippen molar-refractivity contribution >= 4 is 16.7 Å². The summed E-state index contributed by atoms with van der Waals surface area (Å²) in [4.78, 5) is 6.77. The van der Waals surface area contributed by atoms with Crippen LogP contribution in [-0.2, 0) is 7.05 Å². The van der Waals surface area contributed by atoms with Gasteiger partial charge in [-0.25, -0.2) is 4.98 Å². The summed E-state index contributed by atoms with van der Waals surface area (Å²) in [5, 5.41) is 8.98. The molecular formula is C16H20N4. The molecule has 0 saturated heterocycles. The van der Waals surface area contributed by atoms with Gasteiger partial charge in [-0.05, 0) is 43.9 Å². The summed E-state index contributed by atoms with van der Waals surface area (Å²) in [7, 11) is 4.17. The zero-order valence-corrected chi connectivity index (χ0v) is 12.1. The van der Waals surface area contributed by atoms with Gasteiger partial charge in [0.15, 0.2) is 0 Å². The number of benzene rings is 1. The Hall–Kier alpha value is -2.02. The van der Waals surface area contributed by atoms with E-state index < -0.39 is 0 Å². The van der Waals surface area contributed by atoms with Crippen molar-refractivity contribution in [1.82, 2.24) is 9.55 Å². The summed E-state index contributed by atoms with van der Waals surface area (Å²) < 4.78 is 2.04. The smallest absolute Gasteiger partial charge is 0.0955 e. The maximum atomic E-state index is 8.98. The van der Waals surface area contributed by atoms with E-state index in [0.29, 0.717) is 6.04 Å². The number of anilines is 1.